The molecule has 0 amide bonds. The maximum atomic E-state index is 11.8. The number of rotatable bonds is 6. The smallest absolute Gasteiger partial charge is 0.370 e. The largest absolute Gasteiger partial charge is 0.439 e. The number of imidazole rings is 1. The van der Waals surface area contributed by atoms with Crippen LogP contribution in [0.15, 0.2) is 25.5 Å². The molecule has 12 heteroatoms. The van der Waals surface area contributed by atoms with Gasteiger partial charge < -0.3 is 9.30 Å². The summed E-state index contributed by atoms with van der Waals surface area (Å²) in [6.45, 7) is 3.10. The van der Waals surface area contributed by atoms with Crippen molar-refractivity contribution < 1.29 is 9.26 Å². The van der Waals surface area contributed by atoms with Crippen LogP contribution >= 0.6 is 34.2 Å². The van der Waals surface area contributed by atoms with Crippen LogP contribution in [-0.2, 0) is 16.9 Å². The molecule has 2 fully saturated rings. The van der Waals surface area contributed by atoms with Crippen LogP contribution < -0.4 is 5.76 Å². The van der Waals surface area contributed by atoms with Crippen molar-refractivity contribution in [2.75, 3.05) is 7.11 Å². The lowest BCUT2D eigenvalue weighted by molar-refractivity contribution is -0.0922. The Morgan fingerprint density at radius 1 is 1.21 bits per heavy atom. The van der Waals surface area contributed by atoms with Gasteiger partial charge in [-0.05, 0) is 56.8 Å². The second-order valence-corrected chi connectivity index (χ2v) is 13.4. The van der Waals surface area contributed by atoms with Gasteiger partial charge in [0.05, 0.1) is 5.69 Å². The molecule has 1 N–H and O–H groups in total. The molecule has 3 atom stereocenters. The van der Waals surface area contributed by atoms with E-state index in [0.29, 0.717) is 28.9 Å². The molecule has 4 heterocycles. The Labute approximate surface area is 245 Å². The summed E-state index contributed by atoms with van der Waals surface area (Å²) >= 11 is 9.04. The molecule has 2 saturated carbocycles. The van der Waals surface area contributed by atoms with Gasteiger partial charge in [-0.15, -0.1) is 0 Å². The third-order valence-corrected chi connectivity index (χ3v) is 10.2. The molecule has 0 bridgehead atoms. The zero-order valence-corrected chi connectivity index (χ0v) is 25.1. The van der Waals surface area contributed by atoms with Crippen molar-refractivity contribution in [3.8, 4) is 11.6 Å². The number of nitrogens with zero attached hydrogens (tertiary/aromatic N) is 6. The van der Waals surface area contributed by atoms with E-state index >= 15 is 0 Å². The Kier molecular flexibility index (Phi) is 7.66. The van der Waals surface area contributed by atoms with Crippen LogP contribution in [0, 0.1) is 11.8 Å². The second kappa shape index (κ2) is 11.0. The minimum Gasteiger partial charge on any atom is -0.370 e. The van der Waals surface area contributed by atoms with Gasteiger partial charge in [-0.1, -0.05) is 59.1 Å². The molecule has 39 heavy (non-hydrogen) atoms. The molecule has 3 unspecified atom stereocenters. The third-order valence-electron chi connectivity index (χ3n) is 8.72. The van der Waals surface area contributed by atoms with Crippen molar-refractivity contribution in [3.63, 3.8) is 0 Å². The fourth-order valence-electron chi connectivity index (χ4n) is 6.57. The van der Waals surface area contributed by atoms with E-state index in [1.807, 2.05) is 13.3 Å². The summed E-state index contributed by atoms with van der Waals surface area (Å²) in [5, 5.41) is 4.52. The SMILES string of the molecule is COC1(c2nc3nc(-c4noc(=O)[nH]4)nc(C4C=NC=C(Cl)C4)c3n2C[C@H]2CC[C@H](I)CC2)CCCCC1C. The summed E-state index contributed by atoms with van der Waals surface area (Å²) in [7, 11) is 1.81. The van der Waals surface area contributed by atoms with E-state index in [0.717, 1.165) is 46.8 Å². The highest BCUT2D eigenvalue weighted by Gasteiger charge is 2.45. The van der Waals surface area contributed by atoms with E-state index in [1.165, 1.54) is 32.1 Å². The van der Waals surface area contributed by atoms with Gasteiger partial charge >= 0.3 is 5.76 Å². The van der Waals surface area contributed by atoms with Crippen LogP contribution in [0.1, 0.15) is 82.1 Å². The Bertz CT molecular complexity index is 1470. The van der Waals surface area contributed by atoms with Crippen molar-refractivity contribution >= 4 is 51.6 Å². The molecule has 1 aliphatic heterocycles. The van der Waals surface area contributed by atoms with E-state index in [9.17, 15) is 4.79 Å². The molecular formula is C27H33ClIN7O3. The number of H-pyrrole nitrogens is 1. The Hall–Kier alpha value is -2.12. The Balaban J connectivity index is 1.59. The summed E-state index contributed by atoms with van der Waals surface area (Å²) in [6, 6.07) is 0. The van der Waals surface area contributed by atoms with Crippen LogP contribution in [-0.4, -0.2) is 46.9 Å². The molecule has 2 aliphatic carbocycles. The van der Waals surface area contributed by atoms with Crippen molar-refractivity contribution in [3.05, 3.63) is 33.3 Å². The maximum absolute atomic E-state index is 11.8. The molecule has 3 aromatic heterocycles. The number of fused-ring (bicyclic) bond motifs is 1. The molecule has 0 radical (unpaired) electrons. The fourth-order valence-corrected chi connectivity index (χ4v) is 7.51. The van der Waals surface area contributed by atoms with Crippen LogP contribution in [0.25, 0.3) is 22.8 Å². The normalized spacial score (nSPS) is 29.6. The lowest BCUT2D eigenvalue weighted by Crippen LogP contribution is -2.41. The first-order valence-electron chi connectivity index (χ1n) is 13.8. The van der Waals surface area contributed by atoms with Gasteiger partial charge in [0, 0.05) is 40.9 Å². The zero-order valence-electron chi connectivity index (χ0n) is 22.2. The lowest BCUT2D eigenvalue weighted by Gasteiger charge is -2.41. The first-order valence-corrected chi connectivity index (χ1v) is 15.4. The fraction of sp³-hybridized carbons (Fsp3) is 0.630. The highest BCUT2D eigenvalue weighted by Crippen LogP contribution is 2.46. The number of aromatic amines is 1. The van der Waals surface area contributed by atoms with Crippen LogP contribution in [0.5, 0.6) is 0 Å². The summed E-state index contributed by atoms with van der Waals surface area (Å²) in [5.74, 6) is 1.33. The number of halogens is 2. The number of aliphatic imine (C=N–C) groups is 1. The molecule has 0 aromatic carbocycles. The molecular weight excluding hydrogens is 633 g/mol. The van der Waals surface area contributed by atoms with Gasteiger partial charge in [-0.25, -0.2) is 19.7 Å². The number of hydrogen-bond acceptors (Lipinski definition) is 8. The Morgan fingerprint density at radius 2 is 2.03 bits per heavy atom. The van der Waals surface area contributed by atoms with Gasteiger partial charge in [-0.2, -0.15) is 0 Å². The van der Waals surface area contributed by atoms with Gasteiger partial charge in [-0.3, -0.25) is 14.5 Å². The van der Waals surface area contributed by atoms with E-state index in [2.05, 4.69) is 49.2 Å². The number of ether oxygens (including phenoxy) is 1. The summed E-state index contributed by atoms with van der Waals surface area (Å²) in [4.78, 5) is 33.7. The number of alkyl halides is 1. The van der Waals surface area contributed by atoms with Crippen molar-refractivity contribution in [1.29, 1.82) is 0 Å². The minimum atomic E-state index is -0.660. The highest BCUT2D eigenvalue weighted by molar-refractivity contribution is 14.1. The van der Waals surface area contributed by atoms with Crippen LogP contribution in [0.4, 0.5) is 0 Å². The average Bonchev–Trinajstić information content (AvgIpc) is 3.54. The van der Waals surface area contributed by atoms with Gasteiger partial charge in [0.15, 0.2) is 5.65 Å². The molecule has 0 saturated heterocycles. The first kappa shape index (κ1) is 27.1. The topological polar surface area (TPSA) is 124 Å². The minimum absolute atomic E-state index is 0.168. The van der Waals surface area contributed by atoms with Crippen LogP contribution in [0.2, 0.25) is 0 Å². The lowest BCUT2D eigenvalue weighted by atomic mass is 9.75. The highest BCUT2D eigenvalue weighted by atomic mass is 127. The molecule has 208 valence electrons. The molecule has 10 nitrogen and oxygen atoms in total. The third kappa shape index (κ3) is 5.10. The predicted octanol–water partition coefficient (Wildman–Crippen LogP) is 5.85. The summed E-state index contributed by atoms with van der Waals surface area (Å²) in [6.07, 6.45) is 13.2. The van der Waals surface area contributed by atoms with E-state index in [4.69, 9.17) is 35.8 Å². The van der Waals surface area contributed by atoms with E-state index in [-0.39, 0.29) is 17.6 Å². The monoisotopic (exact) mass is 665 g/mol. The number of hydrogen-bond donors (Lipinski definition) is 1. The number of methoxy groups -OCH3 is 1. The molecule has 0 spiro atoms. The molecule has 6 rings (SSSR count). The Morgan fingerprint density at radius 3 is 2.72 bits per heavy atom. The van der Waals surface area contributed by atoms with E-state index in [1.54, 1.807) is 6.20 Å². The molecule has 3 aromatic rings. The van der Waals surface area contributed by atoms with Crippen molar-refractivity contribution in [2.24, 2.45) is 16.8 Å². The van der Waals surface area contributed by atoms with Crippen molar-refractivity contribution in [2.45, 2.75) is 86.7 Å². The van der Waals surface area contributed by atoms with Crippen LogP contribution in [0.3, 0.4) is 0 Å². The number of aromatic nitrogens is 6. The molecule has 3 aliphatic rings. The average molecular weight is 666 g/mol. The predicted molar refractivity (Wildman–Crippen MR) is 157 cm³/mol. The summed E-state index contributed by atoms with van der Waals surface area (Å²) in [5.41, 5.74) is 1.69. The maximum Gasteiger partial charge on any atom is 0.439 e. The number of nitrogens with one attached hydrogen (secondary N) is 1. The van der Waals surface area contributed by atoms with E-state index < -0.39 is 11.4 Å². The van der Waals surface area contributed by atoms with Crippen molar-refractivity contribution in [1.82, 2.24) is 29.7 Å². The zero-order chi connectivity index (χ0) is 27.1. The quantitative estimate of drug-likeness (QED) is 0.259. The first-order chi connectivity index (χ1) is 18.9. The standard InChI is InChI=1S/C27H33ClIN7O3/c1-15-5-3-4-10-27(15,38-2)25-33-22-21(36(25)14-16-6-8-19(29)9-7-16)20(17-11-18(28)13-30-12-17)31-23(32-22)24-34-26(37)39-35-24/h12-13,15-17,19H,3-11,14H2,1-2H3,(H,34,35,37)/t15?,16-,17?,19-,27?. The van der Waals surface area contributed by atoms with Gasteiger partial charge in [0.2, 0.25) is 11.6 Å². The summed E-state index contributed by atoms with van der Waals surface area (Å²) < 4.78 is 14.3. The number of allylic oxidation sites excluding steroid dienone is 1. The van der Waals surface area contributed by atoms with Gasteiger partial charge in [0.1, 0.15) is 16.9 Å². The second-order valence-electron chi connectivity index (χ2n) is 11.1. The van der Waals surface area contributed by atoms with Gasteiger partial charge in [0.25, 0.3) is 0 Å².